The third-order valence-electron chi connectivity index (χ3n) is 5.66. The number of anilines is 1. The monoisotopic (exact) mass is 533 g/mol. The number of piperazine rings is 1. The summed E-state index contributed by atoms with van der Waals surface area (Å²) in [4.78, 5) is 27.4. The summed E-state index contributed by atoms with van der Waals surface area (Å²) >= 11 is 0.411. The largest absolute Gasteiger partial charge is 0.443 e. The van der Waals surface area contributed by atoms with Crippen molar-refractivity contribution in [1.29, 1.82) is 0 Å². The summed E-state index contributed by atoms with van der Waals surface area (Å²) in [5, 5.41) is 3.23. The molecule has 0 aliphatic carbocycles. The topological polar surface area (TPSA) is 80.0 Å². The molecule has 1 atom stereocenters. The first kappa shape index (κ1) is 25.9. The lowest BCUT2D eigenvalue weighted by Crippen LogP contribution is -2.54. The normalized spacial score (nSPS) is 17.1. The van der Waals surface area contributed by atoms with Crippen LogP contribution in [-0.2, 0) is 23.7 Å². The highest BCUT2D eigenvalue weighted by molar-refractivity contribution is 7.16. The Balaban J connectivity index is 1.57. The summed E-state index contributed by atoms with van der Waals surface area (Å²) in [5.41, 5.74) is -1.22. The second kappa shape index (κ2) is 9.33. The number of hydrogen-bond donors (Lipinski definition) is 0. The van der Waals surface area contributed by atoms with E-state index in [1.807, 2.05) is 0 Å². The lowest BCUT2D eigenvalue weighted by atomic mass is 10.1. The van der Waals surface area contributed by atoms with E-state index >= 15 is 0 Å². The van der Waals surface area contributed by atoms with E-state index in [0.29, 0.717) is 29.1 Å². The van der Waals surface area contributed by atoms with Gasteiger partial charge in [-0.1, -0.05) is 11.3 Å². The second-order valence-electron chi connectivity index (χ2n) is 8.35. The number of aromatic nitrogens is 5. The average molecular weight is 534 g/mol. The van der Waals surface area contributed by atoms with Crippen molar-refractivity contribution in [2.24, 2.45) is 0 Å². The first-order valence-corrected chi connectivity index (χ1v) is 11.6. The number of nitrogens with zero attached hydrogens (tertiary/aromatic N) is 7. The molecule has 4 rings (SSSR count). The van der Waals surface area contributed by atoms with E-state index in [1.54, 1.807) is 30.6 Å². The number of alkyl halides is 6. The maximum absolute atomic E-state index is 13.5. The number of thiazole rings is 1. The minimum atomic E-state index is -4.73. The molecule has 0 bridgehead atoms. The number of carbonyl (C=O) groups is 1. The van der Waals surface area contributed by atoms with Crippen LogP contribution in [0.4, 0.5) is 31.3 Å². The van der Waals surface area contributed by atoms with Crippen LogP contribution in [0.2, 0.25) is 0 Å². The molecule has 1 aliphatic rings. The summed E-state index contributed by atoms with van der Waals surface area (Å²) < 4.78 is 80.6. The van der Waals surface area contributed by atoms with E-state index in [1.165, 1.54) is 4.68 Å². The van der Waals surface area contributed by atoms with Gasteiger partial charge in [0, 0.05) is 37.4 Å². The molecule has 0 unspecified atom stereocenters. The Bertz CT molecular complexity index is 1250. The van der Waals surface area contributed by atoms with Crippen LogP contribution < -0.4 is 4.90 Å². The van der Waals surface area contributed by atoms with Gasteiger partial charge in [0.05, 0.1) is 0 Å². The van der Waals surface area contributed by atoms with Crippen molar-refractivity contribution < 1.29 is 31.1 Å². The van der Waals surface area contributed by atoms with Crippen molar-refractivity contribution in [2.75, 3.05) is 24.5 Å². The number of carbonyl (C=O) groups excluding carboxylic acids is 1. The molecule has 1 amide bonds. The maximum Gasteiger partial charge on any atom is 0.443 e. The van der Waals surface area contributed by atoms with Gasteiger partial charge in [-0.25, -0.2) is 14.6 Å². The molecular weight excluding hydrogens is 512 g/mol. The second-order valence-corrected chi connectivity index (χ2v) is 9.32. The van der Waals surface area contributed by atoms with Gasteiger partial charge < -0.3 is 9.80 Å². The van der Waals surface area contributed by atoms with Gasteiger partial charge in [-0.05, 0) is 32.9 Å². The molecule has 8 nitrogen and oxygen atoms in total. The van der Waals surface area contributed by atoms with Crippen molar-refractivity contribution in [2.45, 2.75) is 45.7 Å². The van der Waals surface area contributed by atoms with E-state index in [4.69, 9.17) is 0 Å². The Morgan fingerprint density at radius 2 is 1.81 bits per heavy atom. The quantitative estimate of drug-likeness (QED) is 0.468. The van der Waals surface area contributed by atoms with Gasteiger partial charge >= 0.3 is 12.4 Å². The summed E-state index contributed by atoms with van der Waals surface area (Å²) in [6.45, 7) is 5.86. The van der Waals surface area contributed by atoms with Crippen molar-refractivity contribution in [3.63, 3.8) is 0 Å². The first-order chi connectivity index (χ1) is 16.7. The Hall–Kier alpha value is -3.23. The standard InChI is InChI=1S/C21H21F6N7OS/c1-11-9-32(6-7-33(11)16(35)10-34-13(3)29-12(2)31-34)18-17(30-19(36-18)21(25,26)27)14-4-5-15(28-8-14)20(22,23)24/h4-5,8,11H,6-7,9-10H2,1-3H3/t11-/m1/s1. The summed E-state index contributed by atoms with van der Waals surface area (Å²) in [6.07, 6.45) is -8.54. The van der Waals surface area contributed by atoms with E-state index < -0.39 is 23.1 Å². The Kier molecular flexibility index (Phi) is 6.70. The van der Waals surface area contributed by atoms with Crippen LogP contribution in [0.5, 0.6) is 0 Å². The van der Waals surface area contributed by atoms with Crippen molar-refractivity contribution in [3.05, 3.63) is 40.7 Å². The molecule has 0 N–H and O–H groups in total. The van der Waals surface area contributed by atoms with E-state index in [0.717, 1.165) is 12.3 Å². The zero-order chi connectivity index (χ0) is 26.4. The summed E-state index contributed by atoms with van der Waals surface area (Å²) in [5.74, 6) is 0.919. The highest BCUT2D eigenvalue weighted by Gasteiger charge is 2.39. The van der Waals surface area contributed by atoms with Crippen molar-refractivity contribution in [3.8, 4) is 11.3 Å². The predicted molar refractivity (Wildman–Crippen MR) is 118 cm³/mol. The van der Waals surface area contributed by atoms with E-state index in [9.17, 15) is 31.1 Å². The molecule has 36 heavy (non-hydrogen) atoms. The molecule has 0 spiro atoms. The van der Waals surface area contributed by atoms with Gasteiger partial charge in [-0.3, -0.25) is 9.78 Å². The fourth-order valence-electron chi connectivity index (χ4n) is 3.98. The van der Waals surface area contributed by atoms with Crippen molar-refractivity contribution in [1.82, 2.24) is 29.6 Å². The van der Waals surface area contributed by atoms with Crippen LogP contribution in [0.3, 0.4) is 0 Å². The molecule has 1 aliphatic heterocycles. The molecule has 4 heterocycles. The fourth-order valence-corrected chi connectivity index (χ4v) is 4.97. The summed E-state index contributed by atoms with van der Waals surface area (Å²) in [7, 11) is 0. The fraction of sp³-hybridized carbons (Fsp3) is 0.476. The first-order valence-electron chi connectivity index (χ1n) is 10.8. The zero-order valence-corrected chi connectivity index (χ0v) is 20.2. The number of hydrogen-bond acceptors (Lipinski definition) is 7. The number of pyridine rings is 1. The number of amides is 1. The Morgan fingerprint density at radius 1 is 1.08 bits per heavy atom. The molecule has 0 aromatic carbocycles. The van der Waals surface area contributed by atoms with Crippen LogP contribution in [0.15, 0.2) is 18.3 Å². The Labute approximate surface area is 205 Å². The SMILES string of the molecule is Cc1nc(C)n(CC(=O)N2CCN(c3sc(C(F)(F)F)nc3-c3ccc(C(F)(F)F)nc3)C[C@H]2C)n1. The molecule has 15 heteroatoms. The molecule has 3 aromatic rings. The van der Waals surface area contributed by atoms with E-state index in [2.05, 4.69) is 20.1 Å². The molecule has 3 aromatic heterocycles. The maximum atomic E-state index is 13.5. The summed E-state index contributed by atoms with van der Waals surface area (Å²) in [6, 6.07) is 1.41. The van der Waals surface area contributed by atoms with Gasteiger partial charge in [0.15, 0.2) is 0 Å². The lowest BCUT2D eigenvalue weighted by Gasteiger charge is -2.40. The highest BCUT2D eigenvalue weighted by Crippen LogP contribution is 2.43. The minimum Gasteiger partial charge on any atom is -0.358 e. The highest BCUT2D eigenvalue weighted by atomic mass is 32.1. The lowest BCUT2D eigenvalue weighted by molar-refractivity contribution is -0.141. The van der Waals surface area contributed by atoms with Crippen LogP contribution >= 0.6 is 11.3 Å². The zero-order valence-electron chi connectivity index (χ0n) is 19.4. The number of aryl methyl sites for hydroxylation is 2. The van der Waals surface area contributed by atoms with Gasteiger partial charge in [0.2, 0.25) is 10.9 Å². The Morgan fingerprint density at radius 3 is 2.33 bits per heavy atom. The minimum absolute atomic E-state index is 0.0156. The van der Waals surface area contributed by atoms with Gasteiger partial charge in [-0.15, -0.1) is 0 Å². The molecule has 1 fully saturated rings. The van der Waals surface area contributed by atoms with Gasteiger partial charge in [0.25, 0.3) is 0 Å². The molecule has 0 radical (unpaired) electrons. The molecular formula is C21H21F6N7OS. The number of halogens is 6. The smallest absolute Gasteiger partial charge is 0.358 e. The van der Waals surface area contributed by atoms with Crippen LogP contribution in [0.1, 0.15) is 29.3 Å². The predicted octanol–water partition coefficient (Wildman–Crippen LogP) is 4.19. The number of rotatable bonds is 4. The van der Waals surface area contributed by atoms with Crippen LogP contribution in [-0.4, -0.2) is 61.2 Å². The third kappa shape index (κ3) is 5.29. The molecule has 194 valence electrons. The van der Waals surface area contributed by atoms with Crippen LogP contribution in [0, 0.1) is 13.8 Å². The average Bonchev–Trinajstić information content (AvgIpc) is 3.36. The third-order valence-corrected chi connectivity index (χ3v) is 6.82. The van der Waals surface area contributed by atoms with Gasteiger partial charge in [-0.2, -0.15) is 31.4 Å². The molecule has 0 saturated carbocycles. The van der Waals surface area contributed by atoms with E-state index in [-0.39, 0.29) is 54.4 Å². The molecule has 1 saturated heterocycles. The van der Waals surface area contributed by atoms with Gasteiger partial charge in [0.1, 0.15) is 34.6 Å². The van der Waals surface area contributed by atoms with Crippen molar-refractivity contribution >= 4 is 22.2 Å². The van der Waals surface area contributed by atoms with Crippen LogP contribution in [0.25, 0.3) is 11.3 Å².